The van der Waals surface area contributed by atoms with E-state index in [1.165, 1.54) is 29.8 Å². The zero-order valence-corrected chi connectivity index (χ0v) is 20.8. The normalized spacial score (nSPS) is 16.3. The van der Waals surface area contributed by atoms with Crippen LogP contribution in [0.25, 0.3) is 5.65 Å². The second-order valence-electron chi connectivity index (χ2n) is 10.3. The van der Waals surface area contributed by atoms with Gasteiger partial charge < -0.3 is 9.64 Å². The number of nitrogens with zero attached hydrogens (tertiary/aromatic N) is 4. The smallest absolute Gasteiger partial charge is 0.381 e. The molecule has 0 bridgehead atoms. The van der Waals surface area contributed by atoms with Crippen LogP contribution in [-0.2, 0) is 21.4 Å². The van der Waals surface area contributed by atoms with Crippen LogP contribution in [0.3, 0.4) is 0 Å². The molecule has 1 fully saturated rings. The van der Waals surface area contributed by atoms with Gasteiger partial charge in [-0.1, -0.05) is 45.0 Å². The molecule has 1 unspecified atom stereocenters. The molecular weight excluding hydrogens is 476 g/mol. The van der Waals surface area contributed by atoms with Gasteiger partial charge in [-0.25, -0.2) is 9.50 Å². The summed E-state index contributed by atoms with van der Waals surface area (Å²) in [6.07, 6.45) is -1.76. The highest BCUT2D eigenvalue weighted by Gasteiger charge is 2.46. The maximum Gasteiger partial charge on any atom is 0.413 e. The maximum absolute atomic E-state index is 14.1. The third-order valence-corrected chi connectivity index (χ3v) is 6.55. The predicted octanol–water partition coefficient (Wildman–Crippen LogP) is 5.25. The van der Waals surface area contributed by atoms with Crippen molar-refractivity contribution in [2.75, 3.05) is 20.3 Å². The standard InChI is InChI=1S/C26H30F4N4O2/c1-25(2,3)22-19(15-31-21-14-20(27)32-34(21)22)13-16-5-7-17(8-6-16)23(26(28,29)30)33(4)24(35)18-9-11-36-12-10-18/h5-8,14-15,18,23H,9-13H2,1-4H3. The van der Waals surface area contributed by atoms with Crippen molar-refractivity contribution in [1.29, 1.82) is 0 Å². The van der Waals surface area contributed by atoms with Crippen molar-refractivity contribution < 1.29 is 27.1 Å². The molecule has 1 amide bonds. The SMILES string of the molecule is CN(C(=O)C1CCOCC1)C(c1ccc(Cc2cnc3cc(F)nn3c2C(C)(C)C)cc1)C(F)(F)F. The third-order valence-electron chi connectivity index (χ3n) is 6.55. The monoisotopic (exact) mass is 506 g/mol. The van der Waals surface area contributed by atoms with E-state index < -0.39 is 30.0 Å². The largest absolute Gasteiger partial charge is 0.413 e. The number of rotatable bonds is 5. The van der Waals surface area contributed by atoms with Gasteiger partial charge in [-0.05, 0) is 29.5 Å². The van der Waals surface area contributed by atoms with Crippen molar-refractivity contribution >= 4 is 11.6 Å². The van der Waals surface area contributed by atoms with E-state index >= 15 is 0 Å². The van der Waals surface area contributed by atoms with Crippen molar-refractivity contribution in [2.24, 2.45) is 5.92 Å². The molecule has 1 aliphatic heterocycles. The van der Waals surface area contributed by atoms with E-state index in [-0.39, 0.29) is 11.0 Å². The second-order valence-corrected chi connectivity index (χ2v) is 10.3. The van der Waals surface area contributed by atoms with Crippen LogP contribution in [0.1, 0.15) is 62.0 Å². The highest BCUT2D eigenvalue weighted by Crippen LogP contribution is 2.38. The topological polar surface area (TPSA) is 59.7 Å². The van der Waals surface area contributed by atoms with E-state index in [2.05, 4.69) is 10.1 Å². The minimum atomic E-state index is -4.63. The molecule has 1 atom stereocenters. The molecule has 1 aliphatic rings. The molecule has 0 radical (unpaired) electrons. The lowest BCUT2D eigenvalue weighted by Gasteiger charge is -2.34. The zero-order valence-electron chi connectivity index (χ0n) is 20.8. The molecule has 1 saturated heterocycles. The number of alkyl halides is 3. The van der Waals surface area contributed by atoms with Gasteiger partial charge in [0.1, 0.15) is 0 Å². The zero-order chi connectivity index (χ0) is 26.3. The molecule has 3 aromatic rings. The second kappa shape index (κ2) is 9.80. The molecular formula is C26H30F4N4O2. The van der Waals surface area contributed by atoms with Crippen LogP contribution in [0, 0.1) is 11.9 Å². The Bertz CT molecular complexity index is 1230. The Hall–Kier alpha value is -3.01. The number of amides is 1. The van der Waals surface area contributed by atoms with Crippen LogP contribution in [-0.4, -0.2) is 51.8 Å². The molecule has 3 heterocycles. The number of aromatic nitrogens is 3. The lowest BCUT2D eigenvalue weighted by molar-refractivity contribution is -0.191. The average Bonchev–Trinajstić information content (AvgIpc) is 3.18. The number of benzene rings is 1. The average molecular weight is 507 g/mol. The quantitative estimate of drug-likeness (QED) is 0.444. The fraction of sp³-hybridized carbons (Fsp3) is 0.500. The summed E-state index contributed by atoms with van der Waals surface area (Å²) in [5, 5.41) is 3.94. The van der Waals surface area contributed by atoms with Crippen molar-refractivity contribution in [1.82, 2.24) is 19.5 Å². The number of hydrogen-bond donors (Lipinski definition) is 0. The molecule has 0 spiro atoms. The summed E-state index contributed by atoms with van der Waals surface area (Å²) in [4.78, 5) is 17.9. The molecule has 0 N–H and O–H groups in total. The molecule has 2 aromatic heterocycles. The maximum atomic E-state index is 14.1. The Morgan fingerprint density at radius 2 is 1.81 bits per heavy atom. The molecule has 36 heavy (non-hydrogen) atoms. The summed E-state index contributed by atoms with van der Waals surface area (Å²) in [6, 6.07) is 5.29. The van der Waals surface area contributed by atoms with Crippen LogP contribution < -0.4 is 0 Å². The van der Waals surface area contributed by atoms with Crippen molar-refractivity contribution in [2.45, 2.75) is 57.7 Å². The molecule has 0 aliphatic carbocycles. The summed E-state index contributed by atoms with van der Waals surface area (Å²) in [6.45, 7) is 6.68. The molecule has 6 nitrogen and oxygen atoms in total. The van der Waals surface area contributed by atoms with Gasteiger partial charge in [0.05, 0.1) is 5.69 Å². The third kappa shape index (κ3) is 5.38. The summed E-state index contributed by atoms with van der Waals surface area (Å²) < 4.78 is 62.8. The van der Waals surface area contributed by atoms with E-state index in [0.717, 1.165) is 21.7 Å². The van der Waals surface area contributed by atoms with Gasteiger partial charge in [0.15, 0.2) is 11.7 Å². The molecule has 1 aromatic carbocycles. The summed E-state index contributed by atoms with van der Waals surface area (Å²) in [5.41, 5.74) is 2.33. The minimum Gasteiger partial charge on any atom is -0.381 e. The van der Waals surface area contributed by atoms with Gasteiger partial charge in [-0.2, -0.15) is 17.6 Å². The van der Waals surface area contributed by atoms with Crippen molar-refractivity contribution in [3.8, 4) is 0 Å². The highest BCUT2D eigenvalue weighted by atomic mass is 19.4. The Balaban J connectivity index is 1.61. The van der Waals surface area contributed by atoms with Crippen molar-refractivity contribution in [3.05, 3.63) is 64.9 Å². The van der Waals surface area contributed by atoms with Gasteiger partial charge in [0.25, 0.3) is 0 Å². The van der Waals surface area contributed by atoms with Crippen LogP contribution in [0.4, 0.5) is 17.6 Å². The Kier molecular flexibility index (Phi) is 7.10. The summed E-state index contributed by atoms with van der Waals surface area (Å²) >= 11 is 0. The lowest BCUT2D eigenvalue weighted by atomic mass is 9.87. The molecule has 4 rings (SSSR count). The number of ether oxygens (including phenoxy) is 1. The number of halogens is 4. The number of carbonyl (C=O) groups is 1. The van der Waals surface area contributed by atoms with E-state index in [9.17, 15) is 22.4 Å². The van der Waals surface area contributed by atoms with Crippen LogP contribution in [0.5, 0.6) is 0 Å². The Morgan fingerprint density at radius 3 is 2.39 bits per heavy atom. The first-order valence-corrected chi connectivity index (χ1v) is 11.9. The van der Waals surface area contributed by atoms with E-state index in [0.29, 0.717) is 38.1 Å². The summed E-state index contributed by atoms with van der Waals surface area (Å²) in [5.74, 6) is -1.63. The van der Waals surface area contributed by atoms with Gasteiger partial charge >= 0.3 is 6.18 Å². The van der Waals surface area contributed by atoms with E-state index in [4.69, 9.17) is 4.74 Å². The van der Waals surface area contributed by atoms with Crippen molar-refractivity contribution in [3.63, 3.8) is 0 Å². The first-order valence-electron chi connectivity index (χ1n) is 11.9. The first-order chi connectivity index (χ1) is 16.9. The van der Waals surface area contributed by atoms with E-state index in [1.54, 1.807) is 18.3 Å². The van der Waals surface area contributed by atoms with Gasteiger partial charge in [0, 0.05) is 50.3 Å². The fourth-order valence-corrected chi connectivity index (χ4v) is 4.90. The van der Waals surface area contributed by atoms with Gasteiger partial charge in [-0.15, -0.1) is 5.10 Å². The predicted molar refractivity (Wildman–Crippen MR) is 126 cm³/mol. The molecule has 194 valence electrons. The van der Waals surface area contributed by atoms with Gasteiger partial charge in [0.2, 0.25) is 11.9 Å². The number of hydrogen-bond acceptors (Lipinski definition) is 4. The van der Waals surface area contributed by atoms with Crippen LogP contribution in [0.15, 0.2) is 36.5 Å². The Labute approximate surface area is 207 Å². The first kappa shape index (κ1) is 26.1. The fourth-order valence-electron chi connectivity index (χ4n) is 4.90. The molecule has 0 saturated carbocycles. The molecule has 10 heteroatoms. The van der Waals surface area contributed by atoms with Crippen LogP contribution >= 0.6 is 0 Å². The van der Waals surface area contributed by atoms with Crippen LogP contribution in [0.2, 0.25) is 0 Å². The van der Waals surface area contributed by atoms with Gasteiger partial charge in [-0.3, -0.25) is 4.79 Å². The number of fused-ring (bicyclic) bond motifs is 1. The van der Waals surface area contributed by atoms with E-state index in [1.807, 2.05) is 20.8 Å². The summed E-state index contributed by atoms with van der Waals surface area (Å²) in [7, 11) is 1.21. The Morgan fingerprint density at radius 1 is 1.17 bits per heavy atom. The lowest BCUT2D eigenvalue weighted by Crippen LogP contribution is -2.43. The minimum absolute atomic E-state index is 0.00655. The highest BCUT2D eigenvalue weighted by molar-refractivity contribution is 5.79. The number of carbonyl (C=O) groups excluding carboxylic acids is 1.